The first-order valence-electron chi connectivity index (χ1n) is 7.44. The SMILES string of the molecule is Cn1cnnc1-c1ccccc1NS(=O)(=O)c1c[nH]c2ncccc12. The Morgan fingerprint density at radius 2 is 2.00 bits per heavy atom. The normalized spacial score (nSPS) is 11.7. The second kappa shape index (κ2) is 5.71. The van der Waals surface area contributed by atoms with Crippen molar-refractivity contribution in [3.05, 3.63) is 55.1 Å². The van der Waals surface area contributed by atoms with E-state index in [9.17, 15) is 8.42 Å². The molecule has 25 heavy (non-hydrogen) atoms. The van der Waals surface area contributed by atoms with Gasteiger partial charge in [0.1, 0.15) is 16.9 Å². The molecular weight excluding hydrogens is 340 g/mol. The van der Waals surface area contributed by atoms with Crippen LogP contribution in [-0.4, -0.2) is 33.2 Å². The third kappa shape index (κ3) is 2.64. The van der Waals surface area contributed by atoms with E-state index in [0.717, 1.165) is 0 Å². The molecule has 0 bridgehead atoms. The molecule has 0 aliphatic heterocycles. The molecule has 0 radical (unpaired) electrons. The number of hydrogen-bond donors (Lipinski definition) is 2. The lowest BCUT2D eigenvalue weighted by atomic mass is 10.2. The molecule has 126 valence electrons. The fourth-order valence-corrected chi connectivity index (χ4v) is 3.89. The van der Waals surface area contributed by atoms with Gasteiger partial charge in [0.2, 0.25) is 0 Å². The van der Waals surface area contributed by atoms with Crippen molar-refractivity contribution < 1.29 is 8.42 Å². The van der Waals surface area contributed by atoms with E-state index >= 15 is 0 Å². The minimum atomic E-state index is -3.80. The number of sulfonamides is 1. The maximum atomic E-state index is 12.9. The lowest BCUT2D eigenvalue weighted by Crippen LogP contribution is -2.13. The molecule has 9 heteroatoms. The molecule has 1 aromatic carbocycles. The van der Waals surface area contributed by atoms with E-state index in [0.29, 0.717) is 28.1 Å². The number of aryl methyl sites for hydroxylation is 1. The first-order valence-corrected chi connectivity index (χ1v) is 8.93. The van der Waals surface area contributed by atoms with Crippen molar-refractivity contribution in [3.63, 3.8) is 0 Å². The summed E-state index contributed by atoms with van der Waals surface area (Å²) < 4.78 is 30.1. The number of fused-ring (bicyclic) bond motifs is 1. The summed E-state index contributed by atoms with van der Waals surface area (Å²) in [5.74, 6) is 0.568. The highest BCUT2D eigenvalue weighted by atomic mass is 32.2. The molecule has 0 unspecified atom stereocenters. The van der Waals surface area contributed by atoms with Crippen LogP contribution in [0.1, 0.15) is 0 Å². The van der Waals surface area contributed by atoms with Gasteiger partial charge in [0, 0.05) is 30.4 Å². The summed E-state index contributed by atoms with van der Waals surface area (Å²) in [4.78, 5) is 7.14. The minimum absolute atomic E-state index is 0.142. The highest BCUT2D eigenvalue weighted by Gasteiger charge is 2.21. The molecule has 0 amide bonds. The number of nitrogens with one attached hydrogen (secondary N) is 2. The van der Waals surface area contributed by atoms with Crippen molar-refractivity contribution in [2.24, 2.45) is 7.05 Å². The maximum Gasteiger partial charge on any atom is 0.264 e. The highest BCUT2D eigenvalue weighted by molar-refractivity contribution is 7.93. The van der Waals surface area contributed by atoms with Gasteiger partial charge in [-0.1, -0.05) is 12.1 Å². The Bertz CT molecular complexity index is 1160. The third-order valence-corrected chi connectivity index (χ3v) is 5.23. The lowest BCUT2D eigenvalue weighted by Gasteiger charge is -2.11. The summed E-state index contributed by atoms with van der Waals surface area (Å²) in [7, 11) is -2.00. The molecule has 0 spiro atoms. The minimum Gasteiger partial charge on any atom is -0.345 e. The Kier molecular flexibility index (Phi) is 3.50. The molecule has 2 N–H and O–H groups in total. The second-order valence-corrected chi connectivity index (χ2v) is 7.12. The zero-order valence-electron chi connectivity index (χ0n) is 13.2. The van der Waals surface area contributed by atoms with Crippen molar-refractivity contribution >= 4 is 26.7 Å². The molecule has 8 nitrogen and oxygen atoms in total. The zero-order chi connectivity index (χ0) is 17.4. The van der Waals surface area contributed by atoms with Crippen molar-refractivity contribution in [1.82, 2.24) is 24.7 Å². The van der Waals surface area contributed by atoms with E-state index in [1.165, 1.54) is 6.20 Å². The number of aromatic nitrogens is 5. The number of rotatable bonds is 4. The highest BCUT2D eigenvalue weighted by Crippen LogP contribution is 2.29. The molecule has 0 saturated carbocycles. The molecule has 0 aliphatic rings. The van der Waals surface area contributed by atoms with Crippen LogP contribution in [-0.2, 0) is 17.1 Å². The Balaban J connectivity index is 1.79. The van der Waals surface area contributed by atoms with Crippen LogP contribution >= 0.6 is 0 Å². The van der Waals surface area contributed by atoms with Crippen molar-refractivity contribution in [1.29, 1.82) is 0 Å². The fraction of sp³-hybridized carbons (Fsp3) is 0.0625. The summed E-state index contributed by atoms with van der Waals surface area (Å²) in [5, 5.41) is 8.43. The summed E-state index contributed by atoms with van der Waals surface area (Å²) in [5.41, 5.74) is 1.59. The predicted octanol–water partition coefficient (Wildman–Crippen LogP) is 2.16. The first kappa shape index (κ1) is 15.3. The largest absolute Gasteiger partial charge is 0.345 e. The monoisotopic (exact) mass is 354 g/mol. The van der Waals surface area contributed by atoms with Crippen molar-refractivity contribution in [3.8, 4) is 11.4 Å². The number of para-hydroxylation sites is 1. The number of aromatic amines is 1. The van der Waals surface area contributed by atoms with Crippen LogP contribution in [0, 0.1) is 0 Å². The molecule has 4 aromatic rings. The van der Waals surface area contributed by atoms with E-state index < -0.39 is 10.0 Å². The number of benzene rings is 1. The Morgan fingerprint density at radius 1 is 1.16 bits per heavy atom. The molecule has 0 atom stereocenters. The molecular formula is C16H14N6O2S. The van der Waals surface area contributed by atoms with E-state index in [-0.39, 0.29) is 4.90 Å². The fourth-order valence-electron chi connectivity index (χ4n) is 2.65. The number of anilines is 1. The van der Waals surface area contributed by atoms with Gasteiger partial charge in [0.05, 0.1) is 5.69 Å². The lowest BCUT2D eigenvalue weighted by molar-refractivity contribution is 0.602. The van der Waals surface area contributed by atoms with Crippen LogP contribution in [0.25, 0.3) is 22.4 Å². The van der Waals surface area contributed by atoms with Gasteiger partial charge in [0.15, 0.2) is 5.82 Å². The Labute approximate surface area is 143 Å². The van der Waals surface area contributed by atoms with Gasteiger partial charge in [-0.3, -0.25) is 4.72 Å². The van der Waals surface area contributed by atoms with Crippen LogP contribution in [0.4, 0.5) is 5.69 Å². The van der Waals surface area contributed by atoms with Crippen molar-refractivity contribution in [2.45, 2.75) is 4.90 Å². The third-order valence-electron chi connectivity index (χ3n) is 3.83. The molecule has 4 rings (SSSR count). The first-order chi connectivity index (χ1) is 12.1. The summed E-state index contributed by atoms with van der Waals surface area (Å²) in [6, 6.07) is 10.5. The molecule has 0 fully saturated rings. The standard InChI is InChI=1S/C16H14N6O2S/c1-22-10-19-20-16(22)11-5-2-3-7-13(11)21-25(23,24)14-9-18-15-12(14)6-4-8-17-15/h2-10,21H,1H3,(H,17,18). The maximum absolute atomic E-state index is 12.9. The van der Waals surface area contributed by atoms with E-state index in [2.05, 4.69) is 24.9 Å². The van der Waals surface area contributed by atoms with Gasteiger partial charge < -0.3 is 9.55 Å². The van der Waals surface area contributed by atoms with Gasteiger partial charge in [-0.05, 0) is 24.3 Å². The molecule has 3 heterocycles. The van der Waals surface area contributed by atoms with Gasteiger partial charge in [-0.15, -0.1) is 10.2 Å². The van der Waals surface area contributed by atoms with Crippen LogP contribution in [0.5, 0.6) is 0 Å². The van der Waals surface area contributed by atoms with Gasteiger partial charge >= 0.3 is 0 Å². The molecule has 0 saturated heterocycles. The predicted molar refractivity (Wildman–Crippen MR) is 93.3 cm³/mol. The van der Waals surface area contributed by atoms with Gasteiger partial charge in [0.25, 0.3) is 10.0 Å². The zero-order valence-corrected chi connectivity index (χ0v) is 14.0. The Hall–Kier alpha value is -3.20. The summed E-state index contributed by atoms with van der Waals surface area (Å²) in [6.07, 6.45) is 4.60. The second-order valence-electron chi connectivity index (χ2n) is 5.47. The number of hydrogen-bond acceptors (Lipinski definition) is 5. The molecule has 3 aromatic heterocycles. The summed E-state index contributed by atoms with van der Waals surface area (Å²) in [6.45, 7) is 0. The molecule has 0 aliphatic carbocycles. The van der Waals surface area contributed by atoms with Crippen molar-refractivity contribution in [2.75, 3.05) is 4.72 Å². The Morgan fingerprint density at radius 3 is 2.80 bits per heavy atom. The number of pyridine rings is 1. The van der Waals surface area contributed by atoms with Gasteiger partial charge in [-0.25, -0.2) is 13.4 Å². The van der Waals surface area contributed by atoms with Gasteiger partial charge in [-0.2, -0.15) is 0 Å². The average molecular weight is 354 g/mol. The smallest absolute Gasteiger partial charge is 0.264 e. The van der Waals surface area contributed by atoms with Crippen LogP contribution in [0.15, 0.2) is 60.0 Å². The van der Waals surface area contributed by atoms with Crippen LogP contribution < -0.4 is 4.72 Å². The number of nitrogens with zero attached hydrogens (tertiary/aromatic N) is 4. The van der Waals surface area contributed by atoms with E-state index in [1.54, 1.807) is 54.5 Å². The topological polar surface area (TPSA) is 106 Å². The van der Waals surface area contributed by atoms with Crippen LogP contribution in [0.3, 0.4) is 0 Å². The van der Waals surface area contributed by atoms with Crippen LogP contribution in [0.2, 0.25) is 0 Å². The quantitative estimate of drug-likeness (QED) is 0.584. The van der Waals surface area contributed by atoms with E-state index in [4.69, 9.17) is 0 Å². The summed E-state index contributed by atoms with van der Waals surface area (Å²) >= 11 is 0. The average Bonchev–Trinajstić information content (AvgIpc) is 3.21. The van der Waals surface area contributed by atoms with E-state index in [1.807, 2.05) is 6.07 Å². The number of H-pyrrole nitrogens is 1.